The molecular formula is C13H16ClNO. The monoisotopic (exact) mass is 237 g/mol. The van der Waals surface area contributed by atoms with Crippen molar-refractivity contribution >= 4 is 17.4 Å². The fourth-order valence-electron chi connectivity index (χ4n) is 2.14. The van der Waals surface area contributed by atoms with Crippen molar-refractivity contribution in [2.24, 2.45) is 5.92 Å². The number of carbonyl (C=O) groups is 1. The number of piperidine rings is 1. The topological polar surface area (TPSA) is 29.1 Å². The third-order valence-electron chi connectivity index (χ3n) is 3.06. The zero-order chi connectivity index (χ0) is 11.4. The maximum atomic E-state index is 12.0. The molecule has 2 rings (SSSR count). The molecule has 0 atom stereocenters. The summed E-state index contributed by atoms with van der Waals surface area (Å²) in [5.74, 6) is 0.587. The van der Waals surface area contributed by atoms with Crippen molar-refractivity contribution in [1.29, 1.82) is 0 Å². The molecule has 0 unspecified atom stereocenters. The van der Waals surface area contributed by atoms with Crippen molar-refractivity contribution in [3.63, 3.8) is 0 Å². The van der Waals surface area contributed by atoms with Gasteiger partial charge in [0.2, 0.25) is 0 Å². The first kappa shape index (κ1) is 11.6. The second-order valence-electron chi connectivity index (χ2n) is 4.30. The van der Waals surface area contributed by atoms with Gasteiger partial charge in [-0.25, -0.2) is 0 Å². The van der Waals surface area contributed by atoms with Gasteiger partial charge < -0.3 is 5.32 Å². The van der Waals surface area contributed by atoms with Gasteiger partial charge >= 0.3 is 0 Å². The molecule has 86 valence electrons. The van der Waals surface area contributed by atoms with Crippen molar-refractivity contribution in [2.75, 3.05) is 13.1 Å². The first-order valence-corrected chi connectivity index (χ1v) is 6.11. The van der Waals surface area contributed by atoms with Gasteiger partial charge in [0.05, 0.1) is 0 Å². The Hall–Kier alpha value is -0.860. The molecule has 1 aromatic rings. The van der Waals surface area contributed by atoms with E-state index >= 15 is 0 Å². The van der Waals surface area contributed by atoms with Crippen molar-refractivity contribution in [3.05, 3.63) is 34.9 Å². The summed E-state index contributed by atoms with van der Waals surface area (Å²) in [5, 5.41) is 3.97. The van der Waals surface area contributed by atoms with Crippen molar-refractivity contribution in [1.82, 2.24) is 5.32 Å². The van der Waals surface area contributed by atoms with Crippen LogP contribution in [0.1, 0.15) is 18.4 Å². The lowest BCUT2D eigenvalue weighted by Gasteiger charge is -2.21. The highest BCUT2D eigenvalue weighted by molar-refractivity contribution is 6.30. The zero-order valence-corrected chi connectivity index (χ0v) is 9.96. The predicted octanol–water partition coefficient (Wildman–Crippen LogP) is 2.45. The van der Waals surface area contributed by atoms with E-state index in [-0.39, 0.29) is 5.92 Å². The number of hydrogen-bond acceptors (Lipinski definition) is 2. The molecule has 0 bridgehead atoms. The number of rotatable bonds is 3. The summed E-state index contributed by atoms with van der Waals surface area (Å²) in [4.78, 5) is 12.0. The van der Waals surface area contributed by atoms with E-state index in [0.717, 1.165) is 31.5 Å². The van der Waals surface area contributed by atoms with Crippen LogP contribution in [-0.4, -0.2) is 18.9 Å². The first-order chi connectivity index (χ1) is 7.75. The number of nitrogens with one attached hydrogen (secondary N) is 1. The number of Topliss-reactive ketones (excluding diaryl/α,β-unsaturated/α-hetero) is 1. The van der Waals surface area contributed by atoms with Crippen molar-refractivity contribution in [2.45, 2.75) is 19.3 Å². The van der Waals surface area contributed by atoms with E-state index in [2.05, 4.69) is 5.32 Å². The van der Waals surface area contributed by atoms with Crippen LogP contribution in [0.25, 0.3) is 0 Å². The van der Waals surface area contributed by atoms with Gasteiger partial charge in [0, 0.05) is 17.4 Å². The molecule has 1 aliphatic heterocycles. The average Bonchev–Trinajstić information content (AvgIpc) is 2.30. The Balaban J connectivity index is 1.96. The standard InChI is InChI=1S/C13H16ClNO/c14-12-3-1-2-10(8-12)9-13(16)11-4-6-15-7-5-11/h1-3,8,11,15H,4-7,9H2. The predicted molar refractivity (Wildman–Crippen MR) is 65.8 cm³/mol. The molecule has 0 aromatic heterocycles. The molecule has 1 N–H and O–H groups in total. The molecule has 1 heterocycles. The molecule has 0 aliphatic carbocycles. The van der Waals surface area contributed by atoms with Gasteiger partial charge in [-0.05, 0) is 43.6 Å². The lowest BCUT2D eigenvalue weighted by molar-refractivity contribution is -0.122. The van der Waals surface area contributed by atoms with Gasteiger partial charge in [0.15, 0.2) is 0 Å². The Morgan fingerprint density at radius 1 is 1.38 bits per heavy atom. The van der Waals surface area contributed by atoms with Gasteiger partial charge in [-0.3, -0.25) is 4.79 Å². The van der Waals surface area contributed by atoms with Gasteiger partial charge in [-0.1, -0.05) is 23.7 Å². The normalized spacial score (nSPS) is 17.3. The minimum atomic E-state index is 0.236. The zero-order valence-electron chi connectivity index (χ0n) is 9.21. The molecule has 0 spiro atoms. The highest BCUT2D eigenvalue weighted by Gasteiger charge is 2.20. The van der Waals surface area contributed by atoms with Crippen LogP contribution in [0.3, 0.4) is 0 Å². The average molecular weight is 238 g/mol. The molecule has 16 heavy (non-hydrogen) atoms. The lowest BCUT2D eigenvalue weighted by atomic mass is 9.90. The summed E-state index contributed by atoms with van der Waals surface area (Å²) in [6, 6.07) is 7.57. The van der Waals surface area contributed by atoms with Crippen LogP contribution in [-0.2, 0) is 11.2 Å². The minimum Gasteiger partial charge on any atom is -0.317 e. The molecule has 1 saturated heterocycles. The van der Waals surface area contributed by atoms with E-state index in [1.165, 1.54) is 0 Å². The van der Waals surface area contributed by atoms with E-state index in [9.17, 15) is 4.79 Å². The van der Waals surface area contributed by atoms with Crippen LogP contribution in [0.4, 0.5) is 0 Å². The van der Waals surface area contributed by atoms with E-state index in [0.29, 0.717) is 17.2 Å². The molecule has 1 fully saturated rings. The fourth-order valence-corrected chi connectivity index (χ4v) is 2.35. The number of benzene rings is 1. The summed E-state index contributed by atoms with van der Waals surface area (Å²) >= 11 is 5.89. The number of ketones is 1. The molecule has 1 aliphatic rings. The second kappa shape index (κ2) is 5.46. The van der Waals surface area contributed by atoms with Crippen molar-refractivity contribution in [3.8, 4) is 0 Å². The minimum absolute atomic E-state index is 0.236. The maximum absolute atomic E-state index is 12.0. The molecule has 3 heteroatoms. The molecular weight excluding hydrogens is 222 g/mol. The van der Waals surface area contributed by atoms with Crippen LogP contribution < -0.4 is 5.32 Å². The molecule has 0 amide bonds. The van der Waals surface area contributed by atoms with Crippen LogP contribution in [0, 0.1) is 5.92 Å². The molecule has 0 saturated carbocycles. The molecule has 2 nitrogen and oxygen atoms in total. The van der Waals surface area contributed by atoms with Gasteiger partial charge in [0.1, 0.15) is 5.78 Å². The lowest BCUT2D eigenvalue weighted by Crippen LogP contribution is -2.32. The highest BCUT2D eigenvalue weighted by Crippen LogP contribution is 2.17. The SMILES string of the molecule is O=C(Cc1cccc(Cl)c1)C1CCNCC1. The smallest absolute Gasteiger partial charge is 0.140 e. The van der Waals surface area contributed by atoms with Crippen LogP contribution in [0.5, 0.6) is 0 Å². The van der Waals surface area contributed by atoms with Gasteiger partial charge in [-0.15, -0.1) is 0 Å². The third-order valence-corrected chi connectivity index (χ3v) is 3.30. The van der Waals surface area contributed by atoms with Gasteiger partial charge in [0.25, 0.3) is 0 Å². The summed E-state index contributed by atoms with van der Waals surface area (Å²) in [6.45, 7) is 1.93. The van der Waals surface area contributed by atoms with E-state index in [1.54, 1.807) is 0 Å². The Labute approximate surface area is 101 Å². The number of halogens is 1. The first-order valence-electron chi connectivity index (χ1n) is 5.73. The highest BCUT2D eigenvalue weighted by atomic mass is 35.5. The van der Waals surface area contributed by atoms with E-state index in [1.807, 2.05) is 24.3 Å². The summed E-state index contributed by atoms with van der Waals surface area (Å²) in [7, 11) is 0. The Morgan fingerprint density at radius 2 is 2.12 bits per heavy atom. The van der Waals surface area contributed by atoms with Crippen molar-refractivity contribution < 1.29 is 4.79 Å². The summed E-state index contributed by atoms with van der Waals surface area (Å²) in [6.07, 6.45) is 2.46. The van der Waals surface area contributed by atoms with Crippen LogP contribution in [0.2, 0.25) is 5.02 Å². The molecule has 0 radical (unpaired) electrons. The molecule has 1 aromatic carbocycles. The van der Waals surface area contributed by atoms with Crippen LogP contribution >= 0.6 is 11.6 Å². The summed E-state index contributed by atoms with van der Waals surface area (Å²) in [5.41, 5.74) is 1.02. The van der Waals surface area contributed by atoms with Crippen LogP contribution in [0.15, 0.2) is 24.3 Å². The second-order valence-corrected chi connectivity index (χ2v) is 4.73. The number of hydrogen-bond donors (Lipinski definition) is 1. The fraction of sp³-hybridized carbons (Fsp3) is 0.462. The summed E-state index contributed by atoms with van der Waals surface area (Å²) < 4.78 is 0. The maximum Gasteiger partial charge on any atom is 0.140 e. The van der Waals surface area contributed by atoms with Gasteiger partial charge in [-0.2, -0.15) is 0 Å². The van der Waals surface area contributed by atoms with E-state index < -0.39 is 0 Å². The third kappa shape index (κ3) is 3.06. The van der Waals surface area contributed by atoms with E-state index in [4.69, 9.17) is 11.6 Å². The Morgan fingerprint density at radius 3 is 2.81 bits per heavy atom. The Bertz CT molecular complexity index is 372. The number of carbonyl (C=O) groups excluding carboxylic acids is 1. The largest absolute Gasteiger partial charge is 0.317 e. The Kier molecular flexibility index (Phi) is 3.97. The quantitative estimate of drug-likeness (QED) is 0.875.